The molecule has 0 unspecified atom stereocenters. The summed E-state index contributed by atoms with van der Waals surface area (Å²) in [5.74, 6) is 0.213. The van der Waals surface area contributed by atoms with Crippen LogP contribution in [0.1, 0.15) is 45.6 Å². The van der Waals surface area contributed by atoms with Crippen LogP contribution in [-0.2, 0) is 9.53 Å². The topological polar surface area (TPSA) is 26.3 Å². The predicted octanol–water partition coefficient (Wildman–Crippen LogP) is 5.31. The molecule has 0 heterocycles. The van der Waals surface area contributed by atoms with Gasteiger partial charge in [0.05, 0.1) is 17.6 Å². The molecule has 0 aromatic heterocycles. The molecule has 2 aromatic rings. The van der Waals surface area contributed by atoms with Crippen molar-refractivity contribution in [3.63, 3.8) is 0 Å². The smallest absolute Gasteiger partial charge is 0.315 e. The lowest BCUT2D eigenvalue weighted by Gasteiger charge is -2.25. The van der Waals surface area contributed by atoms with Crippen LogP contribution in [0.5, 0.6) is 0 Å². The largest absolute Gasteiger partial charge is 0.465 e. The fourth-order valence-corrected chi connectivity index (χ4v) is 4.61. The molecule has 0 radical (unpaired) electrons. The molecule has 0 spiro atoms. The normalized spacial score (nSPS) is 10.9. The highest BCUT2D eigenvalue weighted by atomic mass is 32.2. The fourth-order valence-electron chi connectivity index (χ4n) is 3.15. The molecule has 2 aromatic carbocycles. The van der Waals surface area contributed by atoms with Crippen molar-refractivity contribution in [1.29, 1.82) is 0 Å². The van der Waals surface area contributed by atoms with E-state index in [4.69, 9.17) is 4.74 Å². The summed E-state index contributed by atoms with van der Waals surface area (Å²) >= 11 is 1.66. The minimum atomic E-state index is -0.148. The van der Waals surface area contributed by atoms with Crippen molar-refractivity contribution in [2.75, 3.05) is 12.4 Å². The lowest BCUT2D eigenvalue weighted by molar-refractivity contribution is -0.139. The maximum atomic E-state index is 11.9. The first-order valence-corrected chi connectivity index (χ1v) is 9.40. The van der Waals surface area contributed by atoms with Crippen LogP contribution in [0, 0.1) is 27.7 Å². The van der Waals surface area contributed by atoms with E-state index < -0.39 is 0 Å². The van der Waals surface area contributed by atoms with Crippen molar-refractivity contribution in [2.24, 2.45) is 0 Å². The van der Waals surface area contributed by atoms with Gasteiger partial charge in [-0.3, -0.25) is 4.79 Å². The lowest BCUT2D eigenvalue weighted by Crippen LogP contribution is -2.12. The second-order valence-corrected chi connectivity index (χ2v) is 7.20. The molecule has 0 saturated carbocycles. The molecule has 0 aliphatic carbocycles. The minimum Gasteiger partial charge on any atom is -0.465 e. The van der Waals surface area contributed by atoms with Gasteiger partial charge >= 0.3 is 5.97 Å². The maximum absolute atomic E-state index is 11.9. The number of aryl methyl sites for hydroxylation is 4. The van der Waals surface area contributed by atoms with Gasteiger partial charge in [-0.1, -0.05) is 36.4 Å². The highest BCUT2D eigenvalue weighted by Gasteiger charge is 2.23. The van der Waals surface area contributed by atoms with Gasteiger partial charge in [-0.2, -0.15) is 0 Å². The molecule has 2 nitrogen and oxygen atoms in total. The molecular formula is C21H26O2S. The predicted molar refractivity (Wildman–Crippen MR) is 103 cm³/mol. The zero-order chi connectivity index (χ0) is 17.7. The Hall–Kier alpha value is -1.74. The van der Waals surface area contributed by atoms with Gasteiger partial charge in [-0.25, -0.2) is 0 Å². The Morgan fingerprint density at radius 2 is 1.33 bits per heavy atom. The van der Waals surface area contributed by atoms with Crippen LogP contribution in [-0.4, -0.2) is 18.3 Å². The van der Waals surface area contributed by atoms with Crippen LogP contribution >= 0.6 is 11.8 Å². The summed E-state index contributed by atoms with van der Waals surface area (Å²) in [6.07, 6.45) is 0. The lowest BCUT2D eigenvalue weighted by atomic mass is 9.91. The second-order valence-electron chi connectivity index (χ2n) is 6.11. The molecule has 3 heteroatoms. The summed E-state index contributed by atoms with van der Waals surface area (Å²) in [4.78, 5) is 11.9. The van der Waals surface area contributed by atoms with Crippen molar-refractivity contribution in [1.82, 2.24) is 0 Å². The van der Waals surface area contributed by atoms with Crippen molar-refractivity contribution in [3.8, 4) is 0 Å². The first-order chi connectivity index (χ1) is 11.5. The number of hydrogen-bond donors (Lipinski definition) is 0. The van der Waals surface area contributed by atoms with Crippen LogP contribution in [0.3, 0.4) is 0 Å². The van der Waals surface area contributed by atoms with Gasteiger partial charge in [0.15, 0.2) is 0 Å². The Kier molecular flexibility index (Phi) is 6.50. The van der Waals surface area contributed by atoms with E-state index in [9.17, 15) is 4.79 Å². The van der Waals surface area contributed by atoms with Gasteiger partial charge in [-0.05, 0) is 68.0 Å². The van der Waals surface area contributed by atoms with E-state index in [-0.39, 0.29) is 11.2 Å². The van der Waals surface area contributed by atoms with E-state index in [0.29, 0.717) is 12.4 Å². The summed E-state index contributed by atoms with van der Waals surface area (Å²) in [5, 5.41) is 0.136. The molecule has 0 aliphatic rings. The number of thioether (sulfide) groups is 1. The van der Waals surface area contributed by atoms with Crippen molar-refractivity contribution < 1.29 is 9.53 Å². The third-order valence-electron chi connectivity index (χ3n) is 4.28. The van der Waals surface area contributed by atoms with Gasteiger partial charge in [-0.15, -0.1) is 11.8 Å². The number of benzene rings is 2. The molecule has 0 bridgehead atoms. The quantitative estimate of drug-likeness (QED) is 0.666. The van der Waals surface area contributed by atoms with Crippen molar-refractivity contribution in [3.05, 3.63) is 69.8 Å². The number of hydrogen-bond acceptors (Lipinski definition) is 3. The van der Waals surface area contributed by atoms with Crippen LogP contribution in [0.25, 0.3) is 0 Å². The highest BCUT2D eigenvalue weighted by molar-refractivity contribution is 8.00. The van der Waals surface area contributed by atoms with Crippen LogP contribution in [0.2, 0.25) is 0 Å². The maximum Gasteiger partial charge on any atom is 0.315 e. The SMILES string of the molecule is CCOC(=O)CSC(c1c(C)cccc1C)c1c(C)cccc1C. The third-order valence-corrected chi connectivity index (χ3v) is 5.49. The third kappa shape index (κ3) is 4.21. The zero-order valence-electron chi connectivity index (χ0n) is 15.2. The van der Waals surface area contributed by atoms with E-state index in [1.54, 1.807) is 11.8 Å². The van der Waals surface area contributed by atoms with Crippen LogP contribution in [0.15, 0.2) is 36.4 Å². The molecule has 128 valence electrons. The molecule has 24 heavy (non-hydrogen) atoms. The first-order valence-electron chi connectivity index (χ1n) is 8.35. The van der Waals surface area contributed by atoms with Gasteiger partial charge in [0.2, 0.25) is 0 Å². The van der Waals surface area contributed by atoms with Gasteiger partial charge in [0.25, 0.3) is 0 Å². The molecule has 0 saturated heterocycles. The first kappa shape index (κ1) is 18.6. The number of rotatable bonds is 6. The average molecular weight is 343 g/mol. The minimum absolute atomic E-state index is 0.136. The van der Waals surface area contributed by atoms with E-state index in [1.807, 2.05) is 6.92 Å². The monoisotopic (exact) mass is 342 g/mol. The van der Waals surface area contributed by atoms with Crippen LogP contribution in [0.4, 0.5) is 0 Å². The molecule has 0 aliphatic heterocycles. The zero-order valence-corrected chi connectivity index (χ0v) is 16.0. The highest BCUT2D eigenvalue weighted by Crippen LogP contribution is 2.41. The van der Waals surface area contributed by atoms with Crippen LogP contribution < -0.4 is 0 Å². The summed E-state index contributed by atoms with van der Waals surface area (Å²) in [6, 6.07) is 12.8. The Morgan fingerprint density at radius 3 is 1.71 bits per heavy atom. The molecule has 0 N–H and O–H groups in total. The van der Waals surface area contributed by atoms with E-state index in [2.05, 4.69) is 64.1 Å². The Balaban J connectivity index is 2.48. The van der Waals surface area contributed by atoms with E-state index in [1.165, 1.54) is 33.4 Å². The van der Waals surface area contributed by atoms with Crippen molar-refractivity contribution >= 4 is 17.7 Å². The van der Waals surface area contributed by atoms with Crippen molar-refractivity contribution in [2.45, 2.75) is 39.9 Å². The van der Waals surface area contributed by atoms with Gasteiger partial charge in [0, 0.05) is 0 Å². The summed E-state index contributed by atoms with van der Waals surface area (Å²) < 4.78 is 5.13. The summed E-state index contributed by atoms with van der Waals surface area (Å²) in [7, 11) is 0. The standard InChI is InChI=1S/C21H26O2S/c1-6-23-18(22)13-24-21(19-14(2)9-7-10-15(19)3)20-16(4)11-8-12-17(20)5/h7-12,21H,6,13H2,1-5H3. The number of ether oxygens (including phenoxy) is 1. The fraction of sp³-hybridized carbons (Fsp3) is 0.381. The number of esters is 1. The number of carbonyl (C=O) groups is 1. The summed E-state index contributed by atoms with van der Waals surface area (Å²) in [6.45, 7) is 10.9. The molecular weight excluding hydrogens is 316 g/mol. The van der Waals surface area contributed by atoms with Gasteiger partial charge in [0.1, 0.15) is 0 Å². The molecule has 0 amide bonds. The Labute approximate surface area is 149 Å². The van der Waals surface area contributed by atoms with E-state index >= 15 is 0 Å². The summed E-state index contributed by atoms with van der Waals surface area (Å²) in [5.41, 5.74) is 7.67. The average Bonchev–Trinajstić information content (AvgIpc) is 2.51. The van der Waals surface area contributed by atoms with Gasteiger partial charge < -0.3 is 4.74 Å². The Bertz CT molecular complexity index is 630. The Morgan fingerprint density at radius 1 is 0.917 bits per heavy atom. The number of carbonyl (C=O) groups excluding carboxylic acids is 1. The van der Waals surface area contributed by atoms with E-state index in [0.717, 1.165) is 0 Å². The molecule has 0 fully saturated rings. The molecule has 2 rings (SSSR count). The second kappa shape index (κ2) is 8.39. The molecule has 0 atom stereocenters.